The third kappa shape index (κ3) is 4.69. The van der Waals surface area contributed by atoms with Gasteiger partial charge in [-0.15, -0.1) is 13.2 Å². The van der Waals surface area contributed by atoms with E-state index in [-0.39, 0.29) is 17.8 Å². The van der Waals surface area contributed by atoms with Crippen molar-refractivity contribution in [3.05, 3.63) is 78.4 Å². The first kappa shape index (κ1) is 22.6. The average Bonchev–Trinajstić information content (AvgIpc) is 2.82. The molecule has 0 radical (unpaired) electrons. The van der Waals surface area contributed by atoms with E-state index < -0.39 is 12.5 Å². The summed E-state index contributed by atoms with van der Waals surface area (Å²) in [4.78, 5) is 2.18. The van der Waals surface area contributed by atoms with Crippen LogP contribution in [-0.4, -0.2) is 29.7 Å². The Hall–Kier alpha value is -3.23. The Labute approximate surface area is 195 Å². The molecule has 178 valence electrons. The van der Waals surface area contributed by atoms with Crippen molar-refractivity contribution < 1.29 is 27.8 Å². The summed E-state index contributed by atoms with van der Waals surface area (Å²) >= 11 is 0. The number of fused-ring (bicyclic) bond motifs is 2. The van der Waals surface area contributed by atoms with Crippen LogP contribution in [0.4, 0.5) is 24.5 Å². The summed E-state index contributed by atoms with van der Waals surface area (Å²) in [5, 5.41) is 14.8. The lowest BCUT2D eigenvalue weighted by Crippen LogP contribution is -2.54. The van der Waals surface area contributed by atoms with E-state index in [0.717, 1.165) is 47.7 Å². The SMILES string of the molecule is O[C@H]1[C@H](NCc2ccc(OC(F)(F)F)cc2)CCC[C@@H]1N1c2ccccc2Oc2ccccc21. The minimum Gasteiger partial charge on any atom is -0.453 e. The number of para-hydroxylation sites is 4. The van der Waals surface area contributed by atoms with Crippen LogP contribution in [0.3, 0.4) is 0 Å². The summed E-state index contributed by atoms with van der Waals surface area (Å²) in [6, 6.07) is 21.1. The van der Waals surface area contributed by atoms with E-state index in [1.54, 1.807) is 12.1 Å². The number of hydrogen-bond acceptors (Lipinski definition) is 5. The van der Waals surface area contributed by atoms with E-state index in [0.29, 0.717) is 6.54 Å². The highest BCUT2D eigenvalue weighted by atomic mass is 19.4. The van der Waals surface area contributed by atoms with Gasteiger partial charge in [0.05, 0.1) is 23.5 Å². The van der Waals surface area contributed by atoms with Gasteiger partial charge in [-0.3, -0.25) is 0 Å². The number of aliphatic hydroxyl groups excluding tert-OH is 1. The molecule has 34 heavy (non-hydrogen) atoms. The summed E-state index contributed by atoms with van der Waals surface area (Å²) < 4.78 is 47.1. The number of rotatable bonds is 5. The lowest BCUT2D eigenvalue weighted by atomic mass is 9.86. The van der Waals surface area contributed by atoms with Gasteiger partial charge in [0.1, 0.15) is 5.75 Å². The van der Waals surface area contributed by atoms with E-state index in [1.165, 1.54) is 12.1 Å². The monoisotopic (exact) mass is 470 g/mol. The Morgan fingerprint density at radius 2 is 1.53 bits per heavy atom. The van der Waals surface area contributed by atoms with Crippen molar-refractivity contribution in [3.63, 3.8) is 0 Å². The molecule has 3 aromatic carbocycles. The fourth-order valence-electron chi connectivity index (χ4n) is 4.81. The molecule has 0 saturated heterocycles. The number of nitrogens with zero attached hydrogens (tertiary/aromatic N) is 1. The van der Waals surface area contributed by atoms with E-state index in [4.69, 9.17) is 4.74 Å². The van der Waals surface area contributed by atoms with Crippen LogP contribution in [0, 0.1) is 0 Å². The molecule has 1 aliphatic heterocycles. The molecule has 0 spiro atoms. The fraction of sp³-hybridized carbons (Fsp3) is 0.308. The summed E-state index contributed by atoms with van der Waals surface area (Å²) in [6.45, 7) is 0.428. The lowest BCUT2D eigenvalue weighted by Gasteiger charge is -2.45. The normalized spacial score (nSPS) is 21.9. The molecule has 1 fully saturated rings. The second kappa shape index (κ2) is 9.19. The zero-order valence-electron chi connectivity index (χ0n) is 18.3. The highest BCUT2D eigenvalue weighted by Gasteiger charge is 2.39. The maximum Gasteiger partial charge on any atom is 0.573 e. The third-order valence-electron chi connectivity index (χ3n) is 6.35. The molecule has 5 nitrogen and oxygen atoms in total. The van der Waals surface area contributed by atoms with Gasteiger partial charge < -0.3 is 24.8 Å². The average molecular weight is 470 g/mol. The van der Waals surface area contributed by atoms with Crippen LogP contribution >= 0.6 is 0 Å². The summed E-state index contributed by atoms with van der Waals surface area (Å²) in [7, 11) is 0. The molecule has 1 saturated carbocycles. The van der Waals surface area contributed by atoms with Crippen molar-refractivity contribution in [2.45, 2.75) is 50.4 Å². The van der Waals surface area contributed by atoms with Crippen LogP contribution in [-0.2, 0) is 6.54 Å². The first-order valence-corrected chi connectivity index (χ1v) is 11.3. The largest absolute Gasteiger partial charge is 0.573 e. The number of hydrogen-bond donors (Lipinski definition) is 2. The lowest BCUT2D eigenvalue weighted by molar-refractivity contribution is -0.274. The molecule has 2 N–H and O–H groups in total. The number of aliphatic hydroxyl groups is 1. The van der Waals surface area contributed by atoms with Crippen molar-refractivity contribution in [2.75, 3.05) is 4.90 Å². The third-order valence-corrected chi connectivity index (χ3v) is 6.35. The number of halogens is 3. The van der Waals surface area contributed by atoms with Crippen molar-refractivity contribution in [1.29, 1.82) is 0 Å². The Bertz CT molecular complexity index is 1090. The molecule has 1 aliphatic carbocycles. The first-order valence-electron chi connectivity index (χ1n) is 11.3. The Morgan fingerprint density at radius 3 is 2.15 bits per heavy atom. The van der Waals surface area contributed by atoms with Crippen LogP contribution in [0.15, 0.2) is 72.8 Å². The second-order valence-electron chi connectivity index (χ2n) is 8.58. The van der Waals surface area contributed by atoms with Crippen LogP contribution < -0.4 is 19.7 Å². The summed E-state index contributed by atoms with van der Waals surface area (Å²) in [5.74, 6) is 1.26. The van der Waals surface area contributed by atoms with Crippen LogP contribution in [0.25, 0.3) is 0 Å². The molecule has 0 bridgehead atoms. The number of benzene rings is 3. The summed E-state index contributed by atoms with van der Waals surface area (Å²) in [6.07, 6.45) is -2.80. The molecule has 1 heterocycles. The zero-order chi connectivity index (χ0) is 23.7. The van der Waals surface area contributed by atoms with Crippen LogP contribution in [0.2, 0.25) is 0 Å². The van der Waals surface area contributed by atoms with Gasteiger partial charge >= 0.3 is 6.36 Å². The smallest absolute Gasteiger partial charge is 0.453 e. The van der Waals surface area contributed by atoms with Crippen molar-refractivity contribution in [3.8, 4) is 17.2 Å². The fourth-order valence-corrected chi connectivity index (χ4v) is 4.81. The van der Waals surface area contributed by atoms with Gasteiger partial charge in [0.25, 0.3) is 0 Å². The molecule has 8 heteroatoms. The van der Waals surface area contributed by atoms with Gasteiger partial charge in [-0.05, 0) is 61.2 Å². The van der Waals surface area contributed by atoms with Gasteiger partial charge in [0.2, 0.25) is 0 Å². The molecule has 0 amide bonds. The van der Waals surface area contributed by atoms with E-state index in [2.05, 4.69) is 15.0 Å². The zero-order valence-corrected chi connectivity index (χ0v) is 18.3. The first-order chi connectivity index (χ1) is 16.4. The molecule has 3 atom stereocenters. The molecular weight excluding hydrogens is 445 g/mol. The van der Waals surface area contributed by atoms with E-state index >= 15 is 0 Å². The van der Waals surface area contributed by atoms with Crippen molar-refractivity contribution >= 4 is 11.4 Å². The Morgan fingerprint density at radius 1 is 0.912 bits per heavy atom. The van der Waals surface area contributed by atoms with Crippen LogP contribution in [0.1, 0.15) is 24.8 Å². The number of nitrogens with one attached hydrogen (secondary N) is 1. The molecular formula is C26H25F3N2O3. The van der Waals surface area contributed by atoms with Gasteiger partial charge in [-0.1, -0.05) is 36.4 Å². The summed E-state index contributed by atoms with van der Waals surface area (Å²) in [5.41, 5.74) is 2.66. The van der Waals surface area contributed by atoms with Gasteiger partial charge in [-0.2, -0.15) is 0 Å². The van der Waals surface area contributed by atoms with Gasteiger partial charge in [-0.25, -0.2) is 0 Å². The number of alkyl halides is 3. The Kier molecular flexibility index (Phi) is 6.10. The maximum absolute atomic E-state index is 12.4. The predicted octanol–water partition coefficient (Wildman–Crippen LogP) is 5.90. The van der Waals surface area contributed by atoms with Crippen LogP contribution in [0.5, 0.6) is 17.2 Å². The highest BCUT2D eigenvalue weighted by Crippen LogP contribution is 2.49. The quantitative estimate of drug-likeness (QED) is 0.486. The van der Waals surface area contributed by atoms with Gasteiger partial charge in [0.15, 0.2) is 11.5 Å². The van der Waals surface area contributed by atoms with E-state index in [1.807, 2.05) is 48.5 Å². The highest BCUT2D eigenvalue weighted by molar-refractivity contribution is 5.78. The van der Waals surface area contributed by atoms with Crippen molar-refractivity contribution in [1.82, 2.24) is 5.32 Å². The number of anilines is 2. The number of ether oxygens (including phenoxy) is 2. The molecule has 3 aromatic rings. The minimum atomic E-state index is -4.71. The second-order valence-corrected chi connectivity index (χ2v) is 8.58. The molecule has 5 rings (SSSR count). The topological polar surface area (TPSA) is 54.0 Å². The molecule has 0 aromatic heterocycles. The molecule has 2 aliphatic rings. The van der Waals surface area contributed by atoms with E-state index in [9.17, 15) is 18.3 Å². The molecule has 0 unspecified atom stereocenters. The standard InChI is InChI=1S/C26H25F3N2O3/c27-26(28,29)34-18-14-12-17(13-15-18)16-30-19-6-5-9-22(25(19)32)31-20-7-1-3-10-23(20)33-24-11-4-2-8-21(24)31/h1-4,7-8,10-15,19,22,25,30,32H,5-6,9,16H2/t19-,22+,25+/m1/s1. The Balaban J connectivity index is 1.32. The maximum atomic E-state index is 12.4. The predicted molar refractivity (Wildman–Crippen MR) is 122 cm³/mol. The van der Waals surface area contributed by atoms with Crippen molar-refractivity contribution in [2.24, 2.45) is 0 Å². The minimum absolute atomic E-state index is 0.153. The van der Waals surface area contributed by atoms with Gasteiger partial charge in [0, 0.05) is 12.6 Å².